The third-order valence-electron chi connectivity index (χ3n) is 2.36. The van der Waals surface area contributed by atoms with Gasteiger partial charge in [-0.15, -0.1) is 10.2 Å². The number of carboxylic acids is 1. The Bertz CT molecular complexity index is 618. The zero-order chi connectivity index (χ0) is 15.1. The van der Waals surface area contributed by atoms with Gasteiger partial charge in [0.15, 0.2) is 4.34 Å². The van der Waals surface area contributed by atoms with Crippen LogP contribution in [-0.4, -0.2) is 37.9 Å². The Morgan fingerprint density at radius 3 is 2.76 bits per heavy atom. The molecule has 0 aliphatic rings. The number of hydrogen-bond acceptors (Lipinski definition) is 7. The summed E-state index contributed by atoms with van der Waals surface area (Å²) in [7, 11) is 0. The molecule has 2 heterocycles. The molecule has 0 aliphatic heterocycles. The first kappa shape index (κ1) is 15.4. The summed E-state index contributed by atoms with van der Waals surface area (Å²) < 4.78 is 0.516. The molecule has 0 aliphatic carbocycles. The summed E-state index contributed by atoms with van der Waals surface area (Å²) in [6.07, 6.45) is 4.32. The topological polar surface area (TPSA) is 105 Å². The Morgan fingerprint density at radius 2 is 2.05 bits per heavy atom. The summed E-state index contributed by atoms with van der Waals surface area (Å²) in [5, 5.41) is 19.2. The van der Waals surface area contributed by atoms with Gasteiger partial charge in [-0.05, 0) is 24.1 Å². The highest BCUT2D eigenvalue weighted by atomic mass is 32.2. The maximum Gasteiger partial charge on any atom is 0.313 e. The van der Waals surface area contributed by atoms with Crippen LogP contribution in [0.15, 0.2) is 28.9 Å². The fraction of sp³-hybridized carbons (Fsp3) is 0.250. The van der Waals surface area contributed by atoms with E-state index in [0.717, 1.165) is 28.7 Å². The summed E-state index contributed by atoms with van der Waals surface area (Å²) in [4.78, 5) is 26.1. The molecule has 2 rings (SSSR count). The molecule has 0 unspecified atom stereocenters. The van der Waals surface area contributed by atoms with Gasteiger partial charge >= 0.3 is 5.97 Å². The lowest BCUT2D eigenvalue weighted by Gasteiger charge is -2.01. The number of carbonyl (C=O) groups excluding carboxylic acids is 1. The number of carboxylic acid groups (broad SMARTS) is 1. The summed E-state index contributed by atoms with van der Waals surface area (Å²) in [6, 6.07) is 3.72. The lowest BCUT2D eigenvalue weighted by atomic mass is 10.1. The fourth-order valence-corrected chi connectivity index (χ4v) is 2.92. The van der Waals surface area contributed by atoms with E-state index in [2.05, 4.69) is 20.5 Å². The number of aromatic nitrogens is 3. The molecule has 7 nitrogen and oxygen atoms in total. The first-order chi connectivity index (χ1) is 10.1. The highest BCUT2D eigenvalue weighted by Gasteiger charge is 2.10. The zero-order valence-corrected chi connectivity index (χ0v) is 12.5. The number of rotatable bonds is 7. The van der Waals surface area contributed by atoms with Crippen LogP contribution in [-0.2, 0) is 16.0 Å². The molecule has 2 N–H and O–H groups in total. The van der Waals surface area contributed by atoms with E-state index in [4.69, 9.17) is 5.11 Å². The van der Waals surface area contributed by atoms with Crippen LogP contribution >= 0.6 is 23.1 Å². The van der Waals surface area contributed by atoms with Crippen molar-refractivity contribution in [1.82, 2.24) is 15.2 Å². The normalized spacial score (nSPS) is 10.3. The van der Waals surface area contributed by atoms with Crippen LogP contribution in [0, 0.1) is 0 Å². The number of pyridine rings is 1. The smallest absolute Gasteiger partial charge is 0.313 e. The van der Waals surface area contributed by atoms with Crippen molar-refractivity contribution in [1.29, 1.82) is 0 Å². The van der Waals surface area contributed by atoms with E-state index in [-0.39, 0.29) is 11.7 Å². The van der Waals surface area contributed by atoms with Gasteiger partial charge in [-0.3, -0.25) is 14.6 Å². The molecule has 0 fully saturated rings. The van der Waals surface area contributed by atoms with Crippen molar-refractivity contribution in [3.05, 3.63) is 30.1 Å². The second kappa shape index (κ2) is 7.70. The standard InChI is InChI=1S/C12H12N4O3S2/c17-9(2-1-8-3-5-13-6-4-8)14-11-15-16-12(21-11)20-7-10(18)19/h3-6H,1-2,7H2,(H,18,19)(H,14,15,17). The van der Waals surface area contributed by atoms with Crippen LogP contribution in [0.3, 0.4) is 0 Å². The Hall–Kier alpha value is -2.00. The lowest BCUT2D eigenvalue weighted by Crippen LogP contribution is -2.12. The number of carbonyl (C=O) groups is 2. The van der Waals surface area contributed by atoms with Crippen LogP contribution in [0.2, 0.25) is 0 Å². The van der Waals surface area contributed by atoms with Gasteiger partial charge in [-0.25, -0.2) is 0 Å². The fourth-order valence-electron chi connectivity index (χ4n) is 1.43. The largest absolute Gasteiger partial charge is 0.481 e. The molecule has 0 aromatic carbocycles. The number of aliphatic carboxylic acids is 1. The Morgan fingerprint density at radius 1 is 1.29 bits per heavy atom. The molecule has 9 heteroatoms. The molecule has 2 aromatic heterocycles. The Kier molecular flexibility index (Phi) is 5.64. The van der Waals surface area contributed by atoms with Crippen molar-refractivity contribution < 1.29 is 14.7 Å². The maximum absolute atomic E-state index is 11.8. The SMILES string of the molecule is O=C(O)CSc1nnc(NC(=O)CCc2ccncc2)s1. The number of nitrogens with one attached hydrogen (secondary N) is 1. The van der Waals surface area contributed by atoms with E-state index in [1.807, 2.05) is 12.1 Å². The molecular formula is C12H12N4O3S2. The predicted octanol–water partition coefficient (Wildman–Crippen LogP) is 1.68. The highest BCUT2D eigenvalue weighted by molar-refractivity contribution is 8.01. The van der Waals surface area contributed by atoms with Gasteiger partial charge in [0.25, 0.3) is 0 Å². The molecular weight excluding hydrogens is 312 g/mol. The van der Waals surface area contributed by atoms with Gasteiger partial charge in [-0.2, -0.15) is 0 Å². The van der Waals surface area contributed by atoms with Gasteiger partial charge in [0.05, 0.1) is 5.75 Å². The third kappa shape index (κ3) is 5.48. The first-order valence-electron chi connectivity index (χ1n) is 6.00. The van der Waals surface area contributed by atoms with E-state index >= 15 is 0 Å². The molecule has 0 saturated heterocycles. The second-order valence-corrected chi connectivity index (χ2v) is 6.16. The summed E-state index contributed by atoms with van der Waals surface area (Å²) in [6.45, 7) is 0. The van der Waals surface area contributed by atoms with Crippen molar-refractivity contribution in [2.75, 3.05) is 11.1 Å². The molecule has 2 aromatic rings. The van der Waals surface area contributed by atoms with Crippen LogP contribution < -0.4 is 5.32 Å². The van der Waals surface area contributed by atoms with E-state index in [0.29, 0.717) is 22.3 Å². The second-order valence-electron chi connectivity index (χ2n) is 3.96. The minimum absolute atomic E-state index is 0.0787. The summed E-state index contributed by atoms with van der Waals surface area (Å²) >= 11 is 2.23. The van der Waals surface area contributed by atoms with Crippen LogP contribution in [0.5, 0.6) is 0 Å². The van der Waals surface area contributed by atoms with Gasteiger partial charge in [0.2, 0.25) is 11.0 Å². The Balaban J connectivity index is 1.78. The van der Waals surface area contributed by atoms with Crippen molar-refractivity contribution in [2.45, 2.75) is 17.2 Å². The van der Waals surface area contributed by atoms with Gasteiger partial charge in [0.1, 0.15) is 0 Å². The number of aryl methyl sites for hydroxylation is 1. The number of nitrogens with zero attached hydrogens (tertiary/aromatic N) is 3. The quantitative estimate of drug-likeness (QED) is 0.589. The van der Waals surface area contributed by atoms with Crippen LogP contribution in [0.1, 0.15) is 12.0 Å². The van der Waals surface area contributed by atoms with Crippen molar-refractivity contribution in [3.63, 3.8) is 0 Å². The van der Waals surface area contributed by atoms with E-state index in [1.54, 1.807) is 12.4 Å². The minimum atomic E-state index is -0.918. The maximum atomic E-state index is 11.8. The third-order valence-corrected chi connectivity index (χ3v) is 4.32. The van der Waals surface area contributed by atoms with Gasteiger partial charge in [0, 0.05) is 18.8 Å². The molecule has 0 bridgehead atoms. The predicted molar refractivity (Wildman–Crippen MR) is 79.5 cm³/mol. The number of hydrogen-bond donors (Lipinski definition) is 2. The van der Waals surface area contributed by atoms with Crippen molar-refractivity contribution in [3.8, 4) is 0 Å². The molecule has 0 spiro atoms. The average Bonchev–Trinajstić information content (AvgIpc) is 2.91. The Labute approximate surface area is 128 Å². The van der Waals surface area contributed by atoms with E-state index in [1.165, 1.54) is 0 Å². The van der Waals surface area contributed by atoms with Gasteiger partial charge < -0.3 is 10.4 Å². The van der Waals surface area contributed by atoms with Crippen LogP contribution in [0.25, 0.3) is 0 Å². The summed E-state index contributed by atoms with van der Waals surface area (Å²) in [5.74, 6) is -1.15. The molecule has 0 radical (unpaired) electrons. The van der Waals surface area contributed by atoms with E-state index < -0.39 is 5.97 Å². The van der Waals surface area contributed by atoms with Crippen molar-refractivity contribution in [2.24, 2.45) is 0 Å². The number of thioether (sulfide) groups is 1. The average molecular weight is 324 g/mol. The molecule has 110 valence electrons. The molecule has 21 heavy (non-hydrogen) atoms. The number of amides is 1. The molecule has 0 atom stereocenters. The monoisotopic (exact) mass is 324 g/mol. The highest BCUT2D eigenvalue weighted by Crippen LogP contribution is 2.25. The van der Waals surface area contributed by atoms with Crippen molar-refractivity contribution >= 4 is 40.1 Å². The zero-order valence-electron chi connectivity index (χ0n) is 10.9. The summed E-state index contributed by atoms with van der Waals surface area (Å²) in [5.41, 5.74) is 1.04. The minimum Gasteiger partial charge on any atom is -0.481 e. The first-order valence-corrected chi connectivity index (χ1v) is 7.80. The molecule has 1 amide bonds. The lowest BCUT2D eigenvalue weighted by molar-refractivity contribution is -0.133. The van der Waals surface area contributed by atoms with Gasteiger partial charge in [-0.1, -0.05) is 23.1 Å². The van der Waals surface area contributed by atoms with Crippen LogP contribution in [0.4, 0.5) is 5.13 Å². The van der Waals surface area contributed by atoms with E-state index in [9.17, 15) is 9.59 Å². The number of anilines is 1. The molecule has 0 saturated carbocycles.